The molecule has 9 heteroatoms. The topological polar surface area (TPSA) is 53.1 Å². The van der Waals surface area contributed by atoms with Gasteiger partial charge in [0.25, 0.3) is 5.91 Å². The van der Waals surface area contributed by atoms with Crippen molar-refractivity contribution in [3.05, 3.63) is 54.1 Å². The van der Waals surface area contributed by atoms with Crippen LogP contribution in [0.5, 0.6) is 5.75 Å². The number of amides is 2. The number of halogens is 3. The molecular formula is C24H26F3N3O3. The number of nitrogens with zero attached hydrogens (tertiary/aromatic N) is 3. The van der Waals surface area contributed by atoms with Crippen molar-refractivity contribution in [2.24, 2.45) is 0 Å². The van der Waals surface area contributed by atoms with Crippen LogP contribution in [-0.2, 0) is 15.8 Å². The number of hydrogen-bond acceptors (Lipinski definition) is 5. The summed E-state index contributed by atoms with van der Waals surface area (Å²) in [5.74, 6) is 0.157. The molecule has 0 radical (unpaired) electrons. The van der Waals surface area contributed by atoms with Crippen molar-refractivity contribution in [3.8, 4) is 5.75 Å². The number of piperazine rings is 1. The van der Waals surface area contributed by atoms with Crippen LogP contribution in [-0.4, -0.2) is 55.5 Å². The van der Waals surface area contributed by atoms with Gasteiger partial charge in [-0.1, -0.05) is 13.0 Å². The molecule has 2 fully saturated rings. The molecule has 2 aliphatic rings. The van der Waals surface area contributed by atoms with E-state index in [1.165, 1.54) is 11.0 Å². The number of anilines is 2. The van der Waals surface area contributed by atoms with E-state index >= 15 is 0 Å². The fourth-order valence-corrected chi connectivity index (χ4v) is 4.25. The number of rotatable bonds is 6. The zero-order chi connectivity index (χ0) is 23.6. The zero-order valence-corrected chi connectivity index (χ0v) is 18.3. The highest BCUT2D eigenvalue weighted by atomic mass is 19.4. The molecule has 33 heavy (non-hydrogen) atoms. The molecule has 176 valence electrons. The summed E-state index contributed by atoms with van der Waals surface area (Å²) >= 11 is 0. The lowest BCUT2D eigenvalue weighted by Crippen LogP contribution is -2.52. The second-order valence-corrected chi connectivity index (χ2v) is 8.20. The molecule has 2 saturated heterocycles. The van der Waals surface area contributed by atoms with Crippen LogP contribution in [0.25, 0.3) is 0 Å². The van der Waals surface area contributed by atoms with Crippen molar-refractivity contribution in [2.45, 2.75) is 32.0 Å². The second kappa shape index (κ2) is 9.43. The van der Waals surface area contributed by atoms with E-state index < -0.39 is 17.8 Å². The van der Waals surface area contributed by atoms with E-state index in [-0.39, 0.29) is 18.2 Å². The van der Waals surface area contributed by atoms with Crippen molar-refractivity contribution in [2.75, 3.05) is 42.6 Å². The molecule has 2 aromatic carbocycles. The molecule has 2 amide bonds. The maximum absolute atomic E-state index is 13.1. The minimum Gasteiger partial charge on any atom is -0.494 e. The Morgan fingerprint density at radius 3 is 2.30 bits per heavy atom. The largest absolute Gasteiger partial charge is 0.494 e. The van der Waals surface area contributed by atoms with Crippen LogP contribution in [0.2, 0.25) is 0 Å². The van der Waals surface area contributed by atoms with Gasteiger partial charge in [0.15, 0.2) is 0 Å². The molecular weight excluding hydrogens is 435 g/mol. The molecule has 0 bridgehead atoms. The summed E-state index contributed by atoms with van der Waals surface area (Å²) in [5, 5.41) is 0. The first kappa shape index (κ1) is 23.1. The van der Waals surface area contributed by atoms with Crippen LogP contribution < -0.4 is 14.5 Å². The maximum Gasteiger partial charge on any atom is 0.416 e. The fraction of sp³-hybridized carbons (Fsp3) is 0.417. The van der Waals surface area contributed by atoms with E-state index in [4.69, 9.17) is 4.74 Å². The first-order chi connectivity index (χ1) is 15.8. The molecule has 0 spiro atoms. The van der Waals surface area contributed by atoms with Gasteiger partial charge in [0, 0.05) is 31.9 Å². The highest BCUT2D eigenvalue weighted by molar-refractivity contribution is 6.22. The normalized spacial score (nSPS) is 19.9. The van der Waals surface area contributed by atoms with Crippen molar-refractivity contribution >= 4 is 23.2 Å². The maximum atomic E-state index is 13.1. The Labute approximate surface area is 190 Å². The minimum atomic E-state index is -4.39. The molecule has 0 aromatic heterocycles. The quantitative estimate of drug-likeness (QED) is 0.610. The number of imide groups is 1. The zero-order valence-electron chi connectivity index (χ0n) is 18.3. The molecule has 1 atom stereocenters. The van der Waals surface area contributed by atoms with E-state index in [0.717, 1.165) is 18.6 Å². The summed E-state index contributed by atoms with van der Waals surface area (Å²) in [7, 11) is 0. The average Bonchev–Trinajstić information content (AvgIpc) is 3.11. The monoisotopic (exact) mass is 461 g/mol. The highest BCUT2D eigenvalue weighted by Gasteiger charge is 2.43. The number of alkyl halides is 3. The lowest BCUT2D eigenvalue weighted by atomic mass is 10.1. The van der Waals surface area contributed by atoms with Gasteiger partial charge >= 0.3 is 6.18 Å². The third kappa shape index (κ3) is 4.98. The van der Waals surface area contributed by atoms with Gasteiger partial charge in [0.05, 0.1) is 30.3 Å². The Bertz CT molecular complexity index is 1000. The van der Waals surface area contributed by atoms with Gasteiger partial charge in [-0.2, -0.15) is 13.2 Å². The Morgan fingerprint density at radius 1 is 0.970 bits per heavy atom. The molecule has 2 aliphatic heterocycles. The highest BCUT2D eigenvalue weighted by Crippen LogP contribution is 2.32. The van der Waals surface area contributed by atoms with Gasteiger partial charge in [0.1, 0.15) is 5.75 Å². The number of carbonyl (C=O) groups is 2. The molecule has 6 nitrogen and oxygen atoms in total. The smallest absolute Gasteiger partial charge is 0.416 e. The number of benzene rings is 2. The lowest BCUT2D eigenvalue weighted by molar-refractivity contribution is -0.137. The van der Waals surface area contributed by atoms with Crippen molar-refractivity contribution < 1.29 is 27.5 Å². The van der Waals surface area contributed by atoms with Crippen LogP contribution in [0.15, 0.2) is 48.5 Å². The third-order valence-corrected chi connectivity index (χ3v) is 5.98. The first-order valence-electron chi connectivity index (χ1n) is 11.0. The van der Waals surface area contributed by atoms with Crippen LogP contribution in [0.3, 0.4) is 0 Å². The van der Waals surface area contributed by atoms with E-state index in [0.29, 0.717) is 49.9 Å². The number of carbonyl (C=O) groups excluding carboxylic acids is 2. The van der Waals surface area contributed by atoms with Crippen LogP contribution in [0.4, 0.5) is 24.5 Å². The Balaban J connectivity index is 1.39. The van der Waals surface area contributed by atoms with Gasteiger partial charge in [-0.25, -0.2) is 4.90 Å². The van der Waals surface area contributed by atoms with E-state index in [9.17, 15) is 22.8 Å². The average molecular weight is 461 g/mol. The SMILES string of the molecule is CCCOc1ccc(N2C(=O)C[C@H](N3CCN(c4cccc(C(F)(F)F)c4)CC3)C2=O)cc1. The summed E-state index contributed by atoms with van der Waals surface area (Å²) in [5.41, 5.74) is 0.338. The molecule has 0 N–H and O–H groups in total. The van der Waals surface area contributed by atoms with Crippen LogP contribution in [0, 0.1) is 0 Å². The standard InChI is InChI=1S/C24H26F3N3O3/c1-2-14-33-20-8-6-18(7-9-20)30-22(31)16-21(23(30)32)29-12-10-28(11-13-29)19-5-3-4-17(15-19)24(25,26)27/h3-9,15,21H,2,10-14,16H2,1H3/t21-/m0/s1. The summed E-state index contributed by atoms with van der Waals surface area (Å²) in [4.78, 5) is 30.8. The minimum absolute atomic E-state index is 0.0937. The lowest BCUT2D eigenvalue weighted by Gasteiger charge is -2.38. The molecule has 0 aliphatic carbocycles. The van der Waals surface area contributed by atoms with E-state index in [1.807, 2.05) is 16.7 Å². The summed E-state index contributed by atoms with van der Waals surface area (Å²) in [6.07, 6.45) is -3.41. The fourth-order valence-electron chi connectivity index (χ4n) is 4.25. The van der Waals surface area contributed by atoms with Gasteiger partial charge in [-0.05, 0) is 48.9 Å². The van der Waals surface area contributed by atoms with Crippen molar-refractivity contribution in [3.63, 3.8) is 0 Å². The predicted octanol–water partition coefficient (Wildman–Crippen LogP) is 3.95. The Kier molecular flexibility index (Phi) is 6.60. The summed E-state index contributed by atoms with van der Waals surface area (Å²) < 4.78 is 44.6. The Hall–Kier alpha value is -3.07. The van der Waals surface area contributed by atoms with Crippen molar-refractivity contribution in [1.82, 2.24) is 4.90 Å². The summed E-state index contributed by atoms with van der Waals surface area (Å²) in [6.45, 7) is 4.52. The molecule has 4 rings (SSSR count). The summed E-state index contributed by atoms with van der Waals surface area (Å²) in [6, 6.07) is 11.6. The number of hydrogen-bond donors (Lipinski definition) is 0. The van der Waals surface area contributed by atoms with Crippen molar-refractivity contribution in [1.29, 1.82) is 0 Å². The van der Waals surface area contributed by atoms with E-state index in [2.05, 4.69) is 0 Å². The molecule has 2 heterocycles. The third-order valence-electron chi connectivity index (χ3n) is 5.98. The molecule has 2 aromatic rings. The molecule has 0 saturated carbocycles. The van der Waals surface area contributed by atoms with Crippen LogP contribution >= 0.6 is 0 Å². The van der Waals surface area contributed by atoms with Gasteiger partial charge < -0.3 is 9.64 Å². The van der Waals surface area contributed by atoms with Gasteiger partial charge in [0.2, 0.25) is 5.91 Å². The Morgan fingerprint density at radius 2 is 1.67 bits per heavy atom. The molecule has 0 unspecified atom stereocenters. The van der Waals surface area contributed by atoms with Gasteiger partial charge in [-0.15, -0.1) is 0 Å². The van der Waals surface area contributed by atoms with Crippen LogP contribution in [0.1, 0.15) is 25.3 Å². The first-order valence-corrected chi connectivity index (χ1v) is 11.0. The second-order valence-electron chi connectivity index (χ2n) is 8.20. The van der Waals surface area contributed by atoms with Gasteiger partial charge in [-0.3, -0.25) is 14.5 Å². The van der Waals surface area contributed by atoms with E-state index in [1.54, 1.807) is 30.3 Å². The number of ether oxygens (including phenoxy) is 1. The predicted molar refractivity (Wildman–Crippen MR) is 118 cm³/mol.